The van der Waals surface area contributed by atoms with Crippen LogP contribution in [0.5, 0.6) is 0 Å². The predicted molar refractivity (Wildman–Crippen MR) is 66.4 cm³/mol. The first-order valence-electron chi connectivity index (χ1n) is 4.40. The number of nitrogens with zero attached hydrogens (tertiary/aromatic N) is 2. The number of aromatic nitrogens is 3. The van der Waals surface area contributed by atoms with Gasteiger partial charge in [-0.3, -0.25) is 4.98 Å². The third-order valence-corrected chi connectivity index (χ3v) is 2.31. The Labute approximate surface area is 102 Å². The van der Waals surface area contributed by atoms with Gasteiger partial charge < -0.3 is 11.1 Å². The summed E-state index contributed by atoms with van der Waals surface area (Å²) in [5.41, 5.74) is 6.22. The fourth-order valence-electron chi connectivity index (χ4n) is 1.15. The van der Waals surface area contributed by atoms with E-state index in [4.69, 9.17) is 29.6 Å². The van der Waals surface area contributed by atoms with Crippen LogP contribution in [0.3, 0.4) is 0 Å². The number of anilines is 3. The van der Waals surface area contributed by atoms with Crippen molar-refractivity contribution < 1.29 is 0 Å². The number of nitrogen functional groups attached to an aromatic ring is 1. The molecule has 16 heavy (non-hydrogen) atoms. The summed E-state index contributed by atoms with van der Waals surface area (Å²) in [6, 6.07) is 7.28. The van der Waals surface area contributed by atoms with Gasteiger partial charge in [0.1, 0.15) is 0 Å². The van der Waals surface area contributed by atoms with Crippen molar-refractivity contribution in [3.8, 4) is 0 Å². The Morgan fingerprint density at radius 2 is 2.06 bits per heavy atom. The van der Waals surface area contributed by atoms with Gasteiger partial charge in [0.15, 0.2) is 0 Å². The fourth-order valence-corrected chi connectivity index (χ4v) is 1.52. The maximum Gasteiger partial charge on any atom is 0.225 e. The number of para-hydroxylation sites is 1. The zero-order valence-corrected chi connectivity index (χ0v) is 9.64. The molecule has 0 amide bonds. The zero-order chi connectivity index (χ0) is 11.5. The Hall–Kier alpha value is -1.66. The molecule has 0 bridgehead atoms. The first kappa shape index (κ1) is 10.8. The van der Waals surface area contributed by atoms with Crippen molar-refractivity contribution >= 4 is 41.4 Å². The summed E-state index contributed by atoms with van der Waals surface area (Å²) in [4.78, 5) is 10.5. The molecule has 0 saturated heterocycles. The van der Waals surface area contributed by atoms with Gasteiger partial charge in [-0.15, -0.1) is 0 Å². The quantitative estimate of drug-likeness (QED) is 0.717. The molecule has 5 nitrogen and oxygen atoms in total. The first-order valence-corrected chi connectivity index (χ1v) is 5.19. The number of benzene rings is 1. The molecule has 0 aliphatic rings. The van der Waals surface area contributed by atoms with Gasteiger partial charge in [-0.25, -0.2) is 0 Å². The normalized spacial score (nSPS) is 10.1. The maximum atomic E-state index is 5.98. The maximum absolute atomic E-state index is 5.98. The van der Waals surface area contributed by atoms with Crippen LogP contribution in [0.1, 0.15) is 0 Å². The standard InChI is InChI=1S/C9H8ClN5S/c10-5-3-1-2-4-6(5)12-8-13-7(11)14-9(16)15-8/h1-4H,(H4,11,12,13,14,15,16). The van der Waals surface area contributed by atoms with Gasteiger partial charge in [0.2, 0.25) is 16.7 Å². The largest absolute Gasteiger partial charge is 0.369 e. The molecule has 7 heteroatoms. The fraction of sp³-hybridized carbons (Fsp3) is 0. The highest BCUT2D eigenvalue weighted by atomic mass is 35.5. The molecule has 4 N–H and O–H groups in total. The number of aromatic amines is 1. The summed E-state index contributed by atoms with van der Waals surface area (Å²) in [5.74, 6) is 0.611. The SMILES string of the molecule is Nc1nc(=S)nc(Nc2ccccc2Cl)[nH]1. The van der Waals surface area contributed by atoms with Gasteiger partial charge >= 0.3 is 0 Å². The van der Waals surface area contributed by atoms with E-state index in [0.29, 0.717) is 16.7 Å². The molecule has 0 fully saturated rings. The molecule has 0 aliphatic carbocycles. The summed E-state index contributed by atoms with van der Waals surface area (Å²) in [5, 5.41) is 3.55. The molecule has 0 unspecified atom stereocenters. The molecule has 1 heterocycles. The zero-order valence-electron chi connectivity index (χ0n) is 8.07. The van der Waals surface area contributed by atoms with Gasteiger partial charge in [-0.1, -0.05) is 23.7 Å². The van der Waals surface area contributed by atoms with Crippen LogP contribution in [0.4, 0.5) is 17.6 Å². The summed E-state index contributed by atoms with van der Waals surface area (Å²) < 4.78 is 0.172. The summed E-state index contributed by atoms with van der Waals surface area (Å²) in [6.07, 6.45) is 0. The van der Waals surface area contributed by atoms with Crippen LogP contribution >= 0.6 is 23.8 Å². The third-order valence-electron chi connectivity index (χ3n) is 1.80. The van der Waals surface area contributed by atoms with Crippen LogP contribution < -0.4 is 11.1 Å². The topological polar surface area (TPSA) is 79.6 Å². The van der Waals surface area contributed by atoms with E-state index in [2.05, 4.69) is 20.3 Å². The predicted octanol–water partition coefficient (Wildman–Crippen LogP) is 2.51. The van der Waals surface area contributed by atoms with E-state index in [0.717, 1.165) is 0 Å². The number of hydrogen-bond acceptors (Lipinski definition) is 5. The summed E-state index contributed by atoms with van der Waals surface area (Å²) in [7, 11) is 0. The lowest BCUT2D eigenvalue weighted by Gasteiger charge is -2.07. The van der Waals surface area contributed by atoms with Gasteiger partial charge in [0, 0.05) is 0 Å². The lowest BCUT2D eigenvalue weighted by molar-refractivity contribution is 1.05. The van der Waals surface area contributed by atoms with E-state index in [1.807, 2.05) is 18.2 Å². The van der Waals surface area contributed by atoms with Gasteiger partial charge in [-0.05, 0) is 24.4 Å². The Morgan fingerprint density at radius 1 is 1.31 bits per heavy atom. The van der Waals surface area contributed by atoms with Crippen molar-refractivity contribution in [3.05, 3.63) is 34.1 Å². The lowest BCUT2D eigenvalue weighted by Crippen LogP contribution is -2.03. The molecule has 2 aromatic rings. The third kappa shape index (κ3) is 2.47. The highest BCUT2D eigenvalue weighted by Gasteiger charge is 2.01. The number of nitrogens with one attached hydrogen (secondary N) is 2. The monoisotopic (exact) mass is 253 g/mol. The highest BCUT2D eigenvalue weighted by molar-refractivity contribution is 7.71. The van der Waals surface area contributed by atoms with Crippen molar-refractivity contribution in [1.29, 1.82) is 0 Å². The minimum Gasteiger partial charge on any atom is -0.369 e. The minimum atomic E-state index is 0.172. The first-order chi connectivity index (χ1) is 7.65. The van der Waals surface area contributed by atoms with Crippen molar-refractivity contribution in [2.45, 2.75) is 0 Å². The van der Waals surface area contributed by atoms with Crippen molar-refractivity contribution in [3.63, 3.8) is 0 Å². The molecule has 0 radical (unpaired) electrons. The van der Waals surface area contributed by atoms with Crippen molar-refractivity contribution in [2.24, 2.45) is 0 Å². The Balaban J connectivity index is 2.34. The number of nitrogens with two attached hydrogens (primary N) is 1. The van der Waals surface area contributed by atoms with E-state index in [1.165, 1.54) is 0 Å². The molecular formula is C9H8ClN5S. The van der Waals surface area contributed by atoms with E-state index < -0.39 is 0 Å². The second-order valence-electron chi connectivity index (χ2n) is 2.97. The van der Waals surface area contributed by atoms with Crippen molar-refractivity contribution in [2.75, 3.05) is 11.1 Å². The molecule has 0 saturated carbocycles. The van der Waals surface area contributed by atoms with Crippen molar-refractivity contribution in [1.82, 2.24) is 15.0 Å². The number of H-pyrrole nitrogens is 1. The molecule has 82 valence electrons. The smallest absolute Gasteiger partial charge is 0.225 e. The van der Waals surface area contributed by atoms with E-state index >= 15 is 0 Å². The lowest BCUT2D eigenvalue weighted by atomic mass is 10.3. The molecule has 0 spiro atoms. The van der Waals surface area contributed by atoms with Crippen LogP contribution in [0.2, 0.25) is 5.02 Å². The van der Waals surface area contributed by atoms with Gasteiger partial charge in [-0.2, -0.15) is 9.97 Å². The Morgan fingerprint density at radius 3 is 2.75 bits per heavy atom. The second-order valence-corrected chi connectivity index (χ2v) is 3.74. The van der Waals surface area contributed by atoms with E-state index in [-0.39, 0.29) is 10.7 Å². The molecule has 2 rings (SSSR count). The Kier molecular flexibility index (Phi) is 3.02. The van der Waals surface area contributed by atoms with Gasteiger partial charge in [0.25, 0.3) is 0 Å². The van der Waals surface area contributed by atoms with Gasteiger partial charge in [0.05, 0.1) is 10.7 Å². The number of halogens is 1. The molecular weight excluding hydrogens is 246 g/mol. The Bertz CT molecular complexity index is 568. The van der Waals surface area contributed by atoms with E-state index in [1.54, 1.807) is 6.07 Å². The highest BCUT2D eigenvalue weighted by Crippen LogP contribution is 2.22. The van der Waals surface area contributed by atoms with Crippen LogP contribution in [0, 0.1) is 4.77 Å². The van der Waals surface area contributed by atoms with Crippen LogP contribution in [-0.4, -0.2) is 15.0 Å². The summed E-state index contributed by atoms with van der Waals surface area (Å²) in [6.45, 7) is 0. The number of hydrogen-bond donors (Lipinski definition) is 3. The molecule has 0 aliphatic heterocycles. The molecule has 1 aromatic carbocycles. The molecule has 0 atom stereocenters. The minimum absolute atomic E-state index is 0.172. The van der Waals surface area contributed by atoms with Crippen LogP contribution in [0.25, 0.3) is 0 Å². The van der Waals surface area contributed by atoms with Crippen LogP contribution in [0.15, 0.2) is 24.3 Å². The second kappa shape index (κ2) is 4.46. The van der Waals surface area contributed by atoms with E-state index in [9.17, 15) is 0 Å². The molecule has 1 aromatic heterocycles. The summed E-state index contributed by atoms with van der Waals surface area (Å²) >= 11 is 10.8. The average molecular weight is 254 g/mol. The average Bonchev–Trinajstić information content (AvgIpc) is 2.20. The number of rotatable bonds is 2. The van der Waals surface area contributed by atoms with Crippen LogP contribution in [-0.2, 0) is 0 Å².